The molecule has 0 bridgehead atoms. The summed E-state index contributed by atoms with van der Waals surface area (Å²) < 4.78 is 4.91. The first-order valence-corrected chi connectivity index (χ1v) is 6.79. The van der Waals surface area contributed by atoms with Crippen molar-refractivity contribution in [2.45, 2.75) is 13.0 Å². The van der Waals surface area contributed by atoms with Crippen LogP contribution in [0.25, 0.3) is 0 Å². The second kappa shape index (κ2) is 7.78. The number of benzene rings is 1. The topological polar surface area (TPSA) is 81.0 Å². The number of hydrogen-bond acceptors (Lipinski definition) is 6. The van der Waals surface area contributed by atoms with Gasteiger partial charge in [0.25, 0.3) is 0 Å². The van der Waals surface area contributed by atoms with E-state index in [1.807, 2.05) is 6.07 Å². The second-order valence-electron chi connectivity index (χ2n) is 4.31. The third-order valence-corrected chi connectivity index (χ3v) is 2.77. The van der Waals surface area contributed by atoms with Crippen molar-refractivity contribution in [2.24, 2.45) is 10.2 Å². The molecule has 0 amide bonds. The SMILES string of the molecule is CCOC(=O)C(N=Nc1ccccc1)C(=O)c1ccncc1. The predicted octanol–water partition coefficient (Wildman–Crippen LogP) is 2.98. The van der Waals surface area contributed by atoms with E-state index in [0.29, 0.717) is 11.3 Å². The largest absolute Gasteiger partial charge is 0.464 e. The van der Waals surface area contributed by atoms with Gasteiger partial charge in [0.05, 0.1) is 12.3 Å². The highest BCUT2D eigenvalue weighted by Crippen LogP contribution is 2.14. The van der Waals surface area contributed by atoms with Gasteiger partial charge in [-0.15, -0.1) is 0 Å². The maximum atomic E-state index is 12.4. The minimum atomic E-state index is -1.32. The standard InChI is InChI=1S/C16H15N3O3/c1-2-22-16(21)14(15(20)12-8-10-17-11-9-12)19-18-13-6-4-3-5-7-13/h3-11,14H,2H2,1H3. The number of carbonyl (C=O) groups is 2. The Hall–Kier alpha value is -2.89. The molecule has 0 fully saturated rings. The first-order chi connectivity index (χ1) is 10.7. The monoisotopic (exact) mass is 297 g/mol. The summed E-state index contributed by atoms with van der Waals surface area (Å²) in [5.74, 6) is -1.19. The van der Waals surface area contributed by atoms with E-state index in [2.05, 4.69) is 15.2 Å². The van der Waals surface area contributed by atoms with Crippen molar-refractivity contribution in [1.82, 2.24) is 4.98 Å². The van der Waals surface area contributed by atoms with E-state index >= 15 is 0 Å². The summed E-state index contributed by atoms with van der Waals surface area (Å²) in [4.78, 5) is 28.2. The van der Waals surface area contributed by atoms with Crippen LogP contribution in [0.15, 0.2) is 65.1 Å². The van der Waals surface area contributed by atoms with Crippen LogP contribution in [-0.2, 0) is 9.53 Å². The Labute approximate surface area is 127 Å². The van der Waals surface area contributed by atoms with E-state index in [4.69, 9.17) is 4.74 Å². The van der Waals surface area contributed by atoms with Gasteiger partial charge in [-0.3, -0.25) is 9.78 Å². The zero-order chi connectivity index (χ0) is 15.8. The average molecular weight is 297 g/mol. The highest BCUT2D eigenvalue weighted by atomic mass is 16.5. The van der Waals surface area contributed by atoms with Gasteiger partial charge in [0.1, 0.15) is 0 Å². The van der Waals surface area contributed by atoms with Crippen LogP contribution in [0.1, 0.15) is 17.3 Å². The fourth-order valence-electron chi connectivity index (χ4n) is 1.72. The molecular weight excluding hydrogens is 282 g/mol. The molecule has 0 aliphatic carbocycles. The molecule has 22 heavy (non-hydrogen) atoms. The molecule has 0 saturated heterocycles. The fourth-order valence-corrected chi connectivity index (χ4v) is 1.72. The van der Waals surface area contributed by atoms with Crippen LogP contribution in [0.3, 0.4) is 0 Å². The van der Waals surface area contributed by atoms with Crippen molar-refractivity contribution in [3.05, 3.63) is 60.4 Å². The molecule has 6 nitrogen and oxygen atoms in total. The number of Topliss-reactive ketones (excluding diaryl/α,β-unsaturated/α-hetero) is 1. The molecule has 0 saturated carbocycles. The number of nitrogens with zero attached hydrogens (tertiary/aromatic N) is 3. The Balaban J connectivity index is 2.25. The van der Waals surface area contributed by atoms with Crippen LogP contribution in [0.5, 0.6) is 0 Å². The lowest BCUT2D eigenvalue weighted by Gasteiger charge is -2.09. The Kier molecular flexibility index (Phi) is 5.48. The molecule has 1 aromatic carbocycles. The summed E-state index contributed by atoms with van der Waals surface area (Å²) in [6.45, 7) is 1.83. The van der Waals surface area contributed by atoms with E-state index in [0.717, 1.165) is 0 Å². The molecule has 0 N–H and O–H groups in total. The third-order valence-electron chi connectivity index (χ3n) is 2.77. The zero-order valence-corrected chi connectivity index (χ0v) is 12.0. The van der Waals surface area contributed by atoms with E-state index < -0.39 is 17.8 Å². The Morgan fingerprint density at radius 2 is 1.82 bits per heavy atom. The summed E-state index contributed by atoms with van der Waals surface area (Å²) in [6, 6.07) is 10.6. The maximum Gasteiger partial charge on any atom is 0.341 e. The van der Waals surface area contributed by atoms with Crippen molar-refractivity contribution in [3.63, 3.8) is 0 Å². The second-order valence-corrected chi connectivity index (χ2v) is 4.31. The number of carbonyl (C=O) groups excluding carboxylic acids is 2. The van der Waals surface area contributed by atoms with Gasteiger partial charge < -0.3 is 4.74 Å². The van der Waals surface area contributed by atoms with Gasteiger partial charge in [-0.05, 0) is 31.2 Å². The van der Waals surface area contributed by atoms with Crippen LogP contribution >= 0.6 is 0 Å². The number of ether oxygens (including phenoxy) is 1. The lowest BCUT2D eigenvalue weighted by Crippen LogP contribution is -2.30. The van der Waals surface area contributed by atoms with E-state index in [9.17, 15) is 9.59 Å². The van der Waals surface area contributed by atoms with Crippen LogP contribution in [0, 0.1) is 0 Å². The molecule has 2 aromatic rings. The molecular formula is C16H15N3O3. The summed E-state index contributed by atoms with van der Waals surface area (Å²) >= 11 is 0. The number of ketones is 1. The maximum absolute atomic E-state index is 12.4. The number of azo groups is 1. The van der Waals surface area contributed by atoms with Gasteiger partial charge in [-0.2, -0.15) is 10.2 Å². The summed E-state index contributed by atoms with van der Waals surface area (Å²) in [5.41, 5.74) is 0.888. The first-order valence-electron chi connectivity index (χ1n) is 6.79. The Morgan fingerprint density at radius 3 is 2.45 bits per heavy atom. The molecule has 112 valence electrons. The van der Waals surface area contributed by atoms with Crippen LogP contribution < -0.4 is 0 Å². The molecule has 0 aliphatic rings. The normalized spacial score (nSPS) is 12.0. The summed E-state index contributed by atoms with van der Waals surface area (Å²) in [5, 5.41) is 7.81. The molecule has 1 unspecified atom stereocenters. The number of rotatable bonds is 6. The van der Waals surface area contributed by atoms with Crippen LogP contribution in [0.4, 0.5) is 5.69 Å². The minimum absolute atomic E-state index is 0.166. The van der Waals surface area contributed by atoms with Crippen molar-refractivity contribution in [2.75, 3.05) is 6.61 Å². The third kappa shape index (κ3) is 4.05. The molecule has 0 radical (unpaired) electrons. The van der Waals surface area contributed by atoms with Crippen molar-refractivity contribution >= 4 is 17.4 Å². The van der Waals surface area contributed by atoms with Gasteiger partial charge in [-0.1, -0.05) is 18.2 Å². The van der Waals surface area contributed by atoms with Gasteiger partial charge in [-0.25, -0.2) is 4.79 Å². The lowest BCUT2D eigenvalue weighted by atomic mass is 10.1. The molecule has 1 atom stereocenters. The van der Waals surface area contributed by atoms with Crippen LogP contribution in [-0.4, -0.2) is 29.4 Å². The Bertz CT molecular complexity index is 657. The van der Waals surface area contributed by atoms with Gasteiger partial charge in [0.15, 0.2) is 0 Å². The Morgan fingerprint density at radius 1 is 1.14 bits per heavy atom. The minimum Gasteiger partial charge on any atom is -0.464 e. The predicted molar refractivity (Wildman–Crippen MR) is 79.9 cm³/mol. The van der Waals surface area contributed by atoms with E-state index in [1.165, 1.54) is 24.5 Å². The van der Waals surface area contributed by atoms with Crippen molar-refractivity contribution in [1.29, 1.82) is 0 Å². The fraction of sp³-hybridized carbons (Fsp3) is 0.188. The molecule has 1 heterocycles. The highest BCUT2D eigenvalue weighted by Gasteiger charge is 2.29. The number of hydrogen-bond donors (Lipinski definition) is 0. The molecule has 0 aliphatic heterocycles. The number of esters is 1. The number of aromatic nitrogens is 1. The van der Waals surface area contributed by atoms with Crippen molar-refractivity contribution in [3.8, 4) is 0 Å². The molecule has 1 aromatic heterocycles. The van der Waals surface area contributed by atoms with Crippen molar-refractivity contribution < 1.29 is 14.3 Å². The van der Waals surface area contributed by atoms with Gasteiger partial charge in [0.2, 0.25) is 11.8 Å². The molecule has 0 spiro atoms. The lowest BCUT2D eigenvalue weighted by molar-refractivity contribution is -0.143. The number of pyridine rings is 1. The molecule has 2 rings (SSSR count). The van der Waals surface area contributed by atoms with Gasteiger partial charge in [0, 0.05) is 18.0 Å². The summed E-state index contributed by atoms with van der Waals surface area (Å²) in [7, 11) is 0. The first kappa shape index (κ1) is 15.5. The van der Waals surface area contributed by atoms with E-state index in [1.54, 1.807) is 31.2 Å². The zero-order valence-electron chi connectivity index (χ0n) is 12.0. The van der Waals surface area contributed by atoms with Gasteiger partial charge >= 0.3 is 5.97 Å². The summed E-state index contributed by atoms with van der Waals surface area (Å²) in [6.07, 6.45) is 2.95. The van der Waals surface area contributed by atoms with E-state index in [-0.39, 0.29) is 6.61 Å². The highest BCUT2D eigenvalue weighted by molar-refractivity contribution is 6.12. The molecule has 6 heteroatoms. The van der Waals surface area contributed by atoms with Crippen LogP contribution in [0.2, 0.25) is 0 Å². The quantitative estimate of drug-likeness (QED) is 0.355. The smallest absolute Gasteiger partial charge is 0.341 e. The average Bonchev–Trinajstić information content (AvgIpc) is 2.57.